The maximum absolute atomic E-state index is 11.6. The molecule has 0 aliphatic heterocycles. The number of pyridine rings is 1. The zero-order chi connectivity index (χ0) is 12.3. The molecule has 0 N–H and O–H groups in total. The molecule has 0 aliphatic rings. The molecule has 0 saturated heterocycles. The molecule has 0 atom stereocenters. The van der Waals surface area contributed by atoms with Crippen LogP contribution in [-0.4, -0.2) is 15.5 Å². The van der Waals surface area contributed by atoms with Gasteiger partial charge in [-0.3, -0.25) is 4.79 Å². The lowest BCUT2D eigenvalue weighted by atomic mass is 10.1. The number of rotatable bonds is 3. The molecular formula is C13H19NOS. The molecule has 1 heterocycles. The Balaban J connectivity index is 2.96. The van der Waals surface area contributed by atoms with Gasteiger partial charge in [-0.25, -0.2) is 4.98 Å². The van der Waals surface area contributed by atoms with Crippen LogP contribution in [0, 0.1) is 6.92 Å². The first kappa shape index (κ1) is 13.2. The highest BCUT2D eigenvalue weighted by Gasteiger charge is 2.15. The fourth-order valence-corrected chi connectivity index (χ4v) is 2.35. The molecule has 88 valence electrons. The van der Waals surface area contributed by atoms with E-state index in [9.17, 15) is 4.79 Å². The third-order valence-electron chi connectivity index (χ3n) is 2.12. The molecule has 0 aromatic carbocycles. The SMILES string of the molecule is CCC(=O)c1cnc(SC(C)(C)C)cc1C. The third-order valence-corrected chi connectivity index (χ3v) is 3.16. The number of nitrogens with zero attached hydrogens (tertiary/aromatic N) is 1. The first-order valence-corrected chi connectivity index (χ1v) is 6.34. The summed E-state index contributed by atoms with van der Waals surface area (Å²) in [5, 5.41) is 0.984. The summed E-state index contributed by atoms with van der Waals surface area (Å²) in [5.41, 5.74) is 1.77. The van der Waals surface area contributed by atoms with Crippen LogP contribution in [0.3, 0.4) is 0 Å². The van der Waals surface area contributed by atoms with Crippen LogP contribution in [0.25, 0.3) is 0 Å². The van der Waals surface area contributed by atoms with Crippen LogP contribution in [-0.2, 0) is 0 Å². The number of hydrogen-bond donors (Lipinski definition) is 0. The summed E-state index contributed by atoms with van der Waals surface area (Å²) in [6.07, 6.45) is 2.24. The van der Waals surface area contributed by atoms with Crippen LogP contribution in [0.5, 0.6) is 0 Å². The molecule has 0 radical (unpaired) electrons. The summed E-state index contributed by atoms with van der Waals surface area (Å²) >= 11 is 1.72. The predicted octanol–water partition coefficient (Wildman–Crippen LogP) is 3.87. The van der Waals surface area contributed by atoms with Crippen molar-refractivity contribution in [1.82, 2.24) is 4.98 Å². The van der Waals surface area contributed by atoms with Crippen molar-refractivity contribution >= 4 is 17.5 Å². The maximum Gasteiger partial charge on any atom is 0.164 e. The smallest absolute Gasteiger partial charge is 0.164 e. The van der Waals surface area contributed by atoms with Gasteiger partial charge in [-0.1, -0.05) is 27.7 Å². The molecule has 0 bridgehead atoms. The number of carbonyl (C=O) groups is 1. The minimum absolute atomic E-state index is 0.149. The molecule has 16 heavy (non-hydrogen) atoms. The van der Waals surface area contributed by atoms with E-state index in [2.05, 4.69) is 25.8 Å². The Hall–Kier alpha value is -0.830. The lowest BCUT2D eigenvalue weighted by Gasteiger charge is -2.17. The number of carbonyl (C=O) groups excluding carboxylic acids is 1. The molecule has 3 heteroatoms. The van der Waals surface area contributed by atoms with Crippen molar-refractivity contribution in [2.75, 3.05) is 0 Å². The lowest BCUT2D eigenvalue weighted by Crippen LogP contribution is -2.08. The molecule has 1 aromatic rings. The van der Waals surface area contributed by atoms with E-state index in [1.165, 1.54) is 0 Å². The van der Waals surface area contributed by atoms with Gasteiger partial charge in [0, 0.05) is 22.9 Å². The second-order valence-electron chi connectivity index (χ2n) is 4.83. The fraction of sp³-hybridized carbons (Fsp3) is 0.538. The van der Waals surface area contributed by atoms with E-state index in [1.54, 1.807) is 18.0 Å². The summed E-state index contributed by atoms with van der Waals surface area (Å²) in [7, 11) is 0. The van der Waals surface area contributed by atoms with Gasteiger partial charge in [0.05, 0.1) is 5.03 Å². The Morgan fingerprint density at radius 2 is 2.06 bits per heavy atom. The molecule has 0 aliphatic carbocycles. The van der Waals surface area contributed by atoms with E-state index >= 15 is 0 Å². The van der Waals surface area contributed by atoms with Crippen molar-refractivity contribution in [2.45, 2.75) is 50.8 Å². The minimum Gasteiger partial charge on any atom is -0.294 e. The monoisotopic (exact) mass is 237 g/mol. The summed E-state index contributed by atoms with van der Waals surface area (Å²) < 4.78 is 0.149. The Labute approximate surface area is 102 Å². The van der Waals surface area contributed by atoms with Crippen LogP contribution < -0.4 is 0 Å². The van der Waals surface area contributed by atoms with E-state index in [-0.39, 0.29) is 10.5 Å². The Bertz CT molecular complexity index is 393. The molecule has 1 aromatic heterocycles. The van der Waals surface area contributed by atoms with Gasteiger partial charge < -0.3 is 0 Å². The van der Waals surface area contributed by atoms with E-state index in [0.29, 0.717) is 6.42 Å². The fourth-order valence-electron chi connectivity index (χ4n) is 1.38. The second kappa shape index (κ2) is 5.00. The average molecular weight is 237 g/mol. The van der Waals surface area contributed by atoms with Gasteiger partial charge in [0.25, 0.3) is 0 Å². The van der Waals surface area contributed by atoms with Crippen LogP contribution in [0.4, 0.5) is 0 Å². The molecule has 0 saturated carbocycles. The van der Waals surface area contributed by atoms with Crippen molar-refractivity contribution in [1.29, 1.82) is 0 Å². The van der Waals surface area contributed by atoms with Crippen LogP contribution >= 0.6 is 11.8 Å². The number of thioether (sulfide) groups is 1. The number of aromatic nitrogens is 1. The predicted molar refractivity (Wildman–Crippen MR) is 69.2 cm³/mol. The minimum atomic E-state index is 0.149. The average Bonchev–Trinajstić information content (AvgIpc) is 2.14. The molecule has 0 spiro atoms. The van der Waals surface area contributed by atoms with Gasteiger partial charge in [0.1, 0.15) is 0 Å². The van der Waals surface area contributed by atoms with Gasteiger partial charge >= 0.3 is 0 Å². The summed E-state index contributed by atoms with van der Waals surface area (Å²) in [6, 6.07) is 2.00. The molecule has 1 rings (SSSR count). The molecule has 0 unspecified atom stereocenters. The number of aryl methyl sites for hydroxylation is 1. The van der Waals surface area contributed by atoms with Gasteiger partial charge in [-0.2, -0.15) is 0 Å². The first-order valence-electron chi connectivity index (χ1n) is 5.52. The Kier molecular flexibility index (Phi) is 4.14. The van der Waals surface area contributed by atoms with E-state index in [0.717, 1.165) is 16.2 Å². The van der Waals surface area contributed by atoms with E-state index < -0.39 is 0 Å². The molecule has 0 fully saturated rings. The zero-order valence-corrected chi connectivity index (χ0v) is 11.4. The van der Waals surface area contributed by atoms with Gasteiger partial charge in [-0.05, 0) is 18.6 Å². The molecule has 2 nitrogen and oxygen atoms in total. The number of ketones is 1. The quantitative estimate of drug-likeness (QED) is 0.590. The first-order chi connectivity index (χ1) is 7.33. The van der Waals surface area contributed by atoms with Gasteiger partial charge in [0.15, 0.2) is 5.78 Å². The normalized spacial score (nSPS) is 11.6. The van der Waals surface area contributed by atoms with Crippen LogP contribution in [0.1, 0.15) is 50.0 Å². The number of Topliss-reactive ketones (excluding diaryl/α,β-unsaturated/α-hetero) is 1. The van der Waals surface area contributed by atoms with Crippen molar-refractivity contribution < 1.29 is 4.79 Å². The van der Waals surface area contributed by atoms with E-state index in [1.807, 2.05) is 19.9 Å². The molecular weight excluding hydrogens is 218 g/mol. The largest absolute Gasteiger partial charge is 0.294 e. The standard InChI is InChI=1S/C13H19NOS/c1-6-11(15)10-8-14-12(7-9(10)2)16-13(3,4)5/h7-8H,6H2,1-5H3. The van der Waals surface area contributed by atoms with Gasteiger partial charge in [-0.15, -0.1) is 11.8 Å². The zero-order valence-electron chi connectivity index (χ0n) is 10.6. The summed E-state index contributed by atoms with van der Waals surface area (Å²) in [5.74, 6) is 0.164. The maximum atomic E-state index is 11.6. The van der Waals surface area contributed by atoms with Crippen molar-refractivity contribution in [3.8, 4) is 0 Å². The highest BCUT2D eigenvalue weighted by atomic mass is 32.2. The van der Waals surface area contributed by atoms with E-state index in [4.69, 9.17) is 0 Å². The van der Waals surface area contributed by atoms with Crippen molar-refractivity contribution in [3.05, 3.63) is 23.4 Å². The number of hydrogen-bond acceptors (Lipinski definition) is 3. The lowest BCUT2D eigenvalue weighted by molar-refractivity contribution is 0.0987. The van der Waals surface area contributed by atoms with Crippen molar-refractivity contribution in [3.63, 3.8) is 0 Å². The Morgan fingerprint density at radius 3 is 2.50 bits per heavy atom. The van der Waals surface area contributed by atoms with Crippen molar-refractivity contribution in [2.24, 2.45) is 0 Å². The topological polar surface area (TPSA) is 30.0 Å². The van der Waals surface area contributed by atoms with Crippen LogP contribution in [0.15, 0.2) is 17.3 Å². The second-order valence-corrected chi connectivity index (χ2v) is 6.68. The third kappa shape index (κ3) is 3.63. The molecule has 0 amide bonds. The van der Waals surface area contributed by atoms with Gasteiger partial charge in [0.2, 0.25) is 0 Å². The Morgan fingerprint density at radius 1 is 1.44 bits per heavy atom. The summed E-state index contributed by atoms with van der Waals surface area (Å²) in [6.45, 7) is 10.3. The highest BCUT2D eigenvalue weighted by molar-refractivity contribution is 8.00. The summed E-state index contributed by atoms with van der Waals surface area (Å²) in [4.78, 5) is 15.9. The van der Waals surface area contributed by atoms with Crippen LogP contribution in [0.2, 0.25) is 0 Å². The highest BCUT2D eigenvalue weighted by Crippen LogP contribution is 2.31.